The summed E-state index contributed by atoms with van der Waals surface area (Å²) >= 11 is 5.79. The molecule has 6 heteroatoms. The first-order chi connectivity index (χ1) is 8.19. The largest absolute Gasteiger partial charge is 0.383 e. The van der Waals surface area contributed by atoms with Gasteiger partial charge >= 0.3 is 0 Å². The summed E-state index contributed by atoms with van der Waals surface area (Å²) in [7, 11) is 5.52. The second kappa shape index (κ2) is 7.29. The third kappa shape index (κ3) is 4.36. The van der Waals surface area contributed by atoms with Crippen LogP contribution in [-0.4, -0.2) is 56.7 Å². The first kappa shape index (κ1) is 14.0. The molecule has 0 unspecified atom stereocenters. The van der Waals surface area contributed by atoms with Crippen LogP contribution in [0.3, 0.4) is 0 Å². The fourth-order valence-corrected chi connectivity index (χ4v) is 1.58. The minimum Gasteiger partial charge on any atom is -0.383 e. The van der Waals surface area contributed by atoms with E-state index in [4.69, 9.17) is 16.3 Å². The quantitative estimate of drug-likeness (QED) is 0.689. The fourth-order valence-electron chi connectivity index (χ4n) is 1.38. The van der Waals surface area contributed by atoms with Crippen molar-refractivity contribution in [2.75, 3.05) is 56.6 Å². The van der Waals surface area contributed by atoms with Gasteiger partial charge in [0.15, 0.2) is 0 Å². The van der Waals surface area contributed by atoms with Crippen LogP contribution in [0.15, 0.2) is 12.3 Å². The number of rotatable bonds is 7. The number of hydrogen-bond acceptors (Lipinski definition) is 5. The molecule has 0 bridgehead atoms. The van der Waals surface area contributed by atoms with Gasteiger partial charge in [-0.05, 0) is 6.07 Å². The standard InChI is InChI=1S/C11H19ClN4O/c1-15(2)11-13-6-4-10(14-11)16(7-5-12)8-9-17-3/h4,6H,5,7-9H2,1-3H3. The van der Waals surface area contributed by atoms with E-state index in [0.29, 0.717) is 18.4 Å². The Morgan fingerprint density at radius 2 is 2.12 bits per heavy atom. The Hall–Kier alpha value is -1.07. The van der Waals surface area contributed by atoms with E-state index in [1.54, 1.807) is 13.3 Å². The second-order valence-electron chi connectivity index (χ2n) is 3.78. The highest BCUT2D eigenvalue weighted by atomic mass is 35.5. The number of hydrogen-bond donors (Lipinski definition) is 0. The number of nitrogens with zero attached hydrogens (tertiary/aromatic N) is 4. The van der Waals surface area contributed by atoms with Gasteiger partial charge in [0.1, 0.15) is 5.82 Å². The van der Waals surface area contributed by atoms with Crippen molar-refractivity contribution in [3.63, 3.8) is 0 Å². The molecule has 1 aromatic heterocycles. The number of methoxy groups -OCH3 is 1. The van der Waals surface area contributed by atoms with Crippen LogP contribution in [0.5, 0.6) is 0 Å². The molecule has 0 aliphatic rings. The van der Waals surface area contributed by atoms with Gasteiger partial charge in [-0.15, -0.1) is 11.6 Å². The van der Waals surface area contributed by atoms with Crippen molar-refractivity contribution in [1.82, 2.24) is 9.97 Å². The first-order valence-electron chi connectivity index (χ1n) is 5.49. The smallest absolute Gasteiger partial charge is 0.226 e. The van der Waals surface area contributed by atoms with Crippen LogP contribution in [0.1, 0.15) is 0 Å². The van der Waals surface area contributed by atoms with E-state index < -0.39 is 0 Å². The maximum absolute atomic E-state index is 5.79. The average Bonchev–Trinajstić information content (AvgIpc) is 2.34. The predicted molar refractivity (Wildman–Crippen MR) is 71.2 cm³/mol. The average molecular weight is 259 g/mol. The summed E-state index contributed by atoms with van der Waals surface area (Å²) < 4.78 is 5.08. The highest BCUT2D eigenvalue weighted by Crippen LogP contribution is 2.13. The van der Waals surface area contributed by atoms with Crippen molar-refractivity contribution < 1.29 is 4.74 Å². The van der Waals surface area contributed by atoms with Gasteiger partial charge in [0.05, 0.1) is 6.61 Å². The minimum atomic E-state index is 0.561. The molecule has 0 aliphatic heterocycles. The van der Waals surface area contributed by atoms with Gasteiger partial charge < -0.3 is 14.5 Å². The van der Waals surface area contributed by atoms with Gasteiger partial charge in [-0.3, -0.25) is 0 Å². The Morgan fingerprint density at radius 1 is 1.35 bits per heavy atom. The van der Waals surface area contributed by atoms with Crippen molar-refractivity contribution in [3.05, 3.63) is 12.3 Å². The molecule has 96 valence electrons. The van der Waals surface area contributed by atoms with Gasteiger partial charge in [-0.1, -0.05) is 0 Å². The molecule has 0 aliphatic carbocycles. The van der Waals surface area contributed by atoms with E-state index in [0.717, 1.165) is 18.9 Å². The highest BCUT2D eigenvalue weighted by Gasteiger charge is 2.09. The zero-order valence-electron chi connectivity index (χ0n) is 10.6. The van der Waals surface area contributed by atoms with E-state index >= 15 is 0 Å². The zero-order valence-corrected chi connectivity index (χ0v) is 11.3. The lowest BCUT2D eigenvalue weighted by Crippen LogP contribution is -2.30. The lowest BCUT2D eigenvalue weighted by Gasteiger charge is -2.23. The molecule has 0 fully saturated rings. The predicted octanol–water partition coefficient (Wildman–Crippen LogP) is 1.23. The summed E-state index contributed by atoms with van der Waals surface area (Å²) in [4.78, 5) is 12.6. The molecule has 0 amide bonds. The van der Waals surface area contributed by atoms with Crippen molar-refractivity contribution in [2.24, 2.45) is 0 Å². The molecule has 0 atom stereocenters. The van der Waals surface area contributed by atoms with Crippen LogP contribution in [0.4, 0.5) is 11.8 Å². The van der Waals surface area contributed by atoms with Gasteiger partial charge in [0.2, 0.25) is 5.95 Å². The summed E-state index contributed by atoms with van der Waals surface area (Å²) in [5, 5.41) is 0. The maximum Gasteiger partial charge on any atom is 0.226 e. The summed E-state index contributed by atoms with van der Waals surface area (Å²) in [6.45, 7) is 2.17. The molecule has 0 spiro atoms. The molecule has 1 rings (SSSR count). The lowest BCUT2D eigenvalue weighted by molar-refractivity contribution is 0.205. The van der Waals surface area contributed by atoms with Gasteiger partial charge in [-0.2, -0.15) is 4.98 Å². The lowest BCUT2D eigenvalue weighted by atomic mass is 10.4. The van der Waals surface area contributed by atoms with Crippen LogP contribution < -0.4 is 9.80 Å². The Bertz CT molecular complexity index is 335. The monoisotopic (exact) mass is 258 g/mol. The molecule has 0 saturated heterocycles. The molecule has 0 aromatic carbocycles. The van der Waals surface area contributed by atoms with Crippen molar-refractivity contribution in [3.8, 4) is 0 Å². The molecular weight excluding hydrogens is 240 g/mol. The third-order valence-corrected chi connectivity index (χ3v) is 2.44. The number of alkyl halides is 1. The number of halogens is 1. The van der Waals surface area contributed by atoms with Crippen LogP contribution in [0.2, 0.25) is 0 Å². The molecule has 0 N–H and O–H groups in total. The van der Waals surface area contributed by atoms with E-state index in [2.05, 4.69) is 14.9 Å². The van der Waals surface area contributed by atoms with Crippen molar-refractivity contribution >= 4 is 23.4 Å². The Labute approximate surface area is 107 Å². The first-order valence-corrected chi connectivity index (χ1v) is 6.02. The van der Waals surface area contributed by atoms with Gasteiger partial charge in [-0.25, -0.2) is 4.98 Å². The number of ether oxygens (including phenoxy) is 1. The summed E-state index contributed by atoms with van der Waals surface area (Å²) in [5.74, 6) is 2.13. The summed E-state index contributed by atoms with van der Waals surface area (Å²) in [5.41, 5.74) is 0. The molecule has 1 heterocycles. The Balaban J connectivity index is 2.81. The summed E-state index contributed by atoms with van der Waals surface area (Å²) in [6, 6.07) is 1.88. The minimum absolute atomic E-state index is 0.561. The maximum atomic E-state index is 5.79. The van der Waals surface area contributed by atoms with Crippen molar-refractivity contribution in [2.45, 2.75) is 0 Å². The van der Waals surface area contributed by atoms with Crippen LogP contribution in [0.25, 0.3) is 0 Å². The SMILES string of the molecule is COCCN(CCCl)c1ccnc(N(C)C)n1. The van der Waals surface area contributed by atoms with Crippen LogP contribution in [0, 0.1) is 0 Å². The molecule has 0 radical (unpaired) electrons. The van der Waals surface area contributed by atoms with Gasteiger partial charge in [0, 0.05) is 46.4 Å². The van der Waals surface area contributed by atoms with Gasteiger partial charge in [0.25, 0.3) is 0 Å². The number of anilines is 2. The van der Waals surface area contributed by atoms with E-state index in [9.17, 15) is 0 Å². The fraction of sp³-hybridized carbons (Fsp3) is 0.636. The van der Waals surface area contributed by atoms with E-state index in [-0.39, 0.29) is 0 Å². The van der Waals surface area contributed by atoms with Crippen molar-refractivity contribution in [1.29, 1.82) is 0 Å². The van der Waals surface area contributed by atoms with E-state index in [1.807, 2.05) is 25.1 Å². The molecule has 17 heavy (non-hydrogen) atoms. The Morgan fingerprint density at radius 3 is 2.71 bits per heavy atom. The number of aromatic nitrogens is 2. The molecular formula is C11H19ClN4O. The third-order valence-electron chi connectivity index (χ3n) is 2.27. The molecule has 0 saturated carbocycles. The summed E-state index contributed by atoms with van der Waals surface area (Å²) in [6.07, 6.45) is 1.76. The zero-order chi connectivity index (χ0) is 12.7. The van der Waals surface area contributed by atoms with Crippen LogP contribution in [-0.2, 0) is 4.74 Å². The molecule has 5 nitrogen and oxygen atoms in total. The highest BCUT2D eigenvalue weighted by molar-refractivity contribution is 6.18. The Kier molecular flexibility index (Phi) is 6.00. The van der Waals surface area contributed by atoms with E-state index in [1.165, 1.54) is 0 Å². The molecule has 1 aromatic rings. The normalized spacial score (nSPS) is 10.4. The van der Waals surface area contributed by atoms with Crippen LogP contribution >= 0.6 is 11.6 Å². The second-order valence-corrected chi connectivity index (χ2v) is 4.16. The topological polar surface area (TPSA) is 41.5 Å².